The molecule has 4 nitrogen and oxygen atoms in total. The van der Waals surface area contributed by atoms with Gasteiger partial charge in [-0.25, -0.2) is 4.98 Å². The molecule has 0 saturated heterocycles. The van der Waals surface area contributed by atoms with Gasteiger partial charge in [0.15, 0.2) is 5.78 Å². The summed E-state index contributed by atoms with van der Waals surface area (Å²) in [5.74, 6) is -0.169. The lowest BCUT2D eigenvalue weighted by atomic mass is 10.1. The Morgan fingerprint density at radius 1 is 1.53 bits per heavy atom. The van der Waals surface area contributed by atoms with E-state index in [4.69, 9.17) is 0 Å². The summed E-state index contributed by atoms with van der Waals surface area (Å²) in [4.78, 5) is 25.8. The van der Waals surface area contributed by atoms with Gasteiger partial charge < -0.3 is 9.36 Å². The first kappa shape index (κ1) is 9.58. The summed E-state index contributed by atoms with van der Waals surface area (Å²) in [6.45, 7) is 0. The average molecular weight is 202 g/mol. The molecule has 0 aliphatic carbocycles. The molecule has 0 radical (unpaired) electrons. The summed E-state index contributed by atoms with van der Waals surface area (Å²) in [5, 5.41) is 0. The van der Waals surface area contributed by atoms with Crippen molar-refractivity contribution in [3.8, 4) is 0 Å². The number of rotatable bonds is 3. The molecule has 2 rings (SSSR count). The first-order chi connectivity index (χ1) is 7.22. The number of fused-ring (bicyclic) bond motifs is 1. The smallest absolute Gasteiger partial charge is 0.170 e. The van der Waals surface area contributed by atoms with Crippen LogP contribution in [0.1, 0.15) is 16.8 Å². The third kappa shape index (κ3) is 1.66. The summed E-state index contributed by atoms with van der Waals surface area (Å²) in [5.41, 5.74) is 2.28. The SMILES string of the molecule is Cn1cnc2cc(C(=O)CC=O)ccc21. The van der Waals surface area contributed by atoms with Crippen molar-refractivity contribution in [2.75, 3.05) is 0 Å². The van der Waals surface area contributed by atoms with E-state index in [0.717, 1.165) is 11.0 Å². The number of carbonyl (C=O) groups excluding carboxylic acids is 2. The molecule has 1 aromatic heterocycles. The van der Waals surface area contributed by atoms with Crippen LogP contribution in [0.4, 0.5) is 0 Å². The largest absolute Gasteiger partial charge is 0.334 e. The first-order valence-corrected chi connectivity index (χ1v) is 4.60. The number of aryl methyl sites for hydroxylation is 1. The number of hydrogen-bond donors (Lipinski definition) is 0. The molecule has 0 spiro atoms. The number of benzene rings is 1. The van der Waals surface area contributed by atoms with Gasteiger partial charge in [0.1, 0.15) is 6.29 Å². The zero-order valence-corrected chi connectivity index (χ0v) is 8.30. The molecule has 0 fully saturated rings. The number of hydrogen-bond acceptors (Lipinski definition) is 3. The number of nitrogens with zero attached hydrogens (tertiary/aromatic N) is 2. The molecule has 0 amide bonds. The van der Waals surface area contributed by atoms with E-state index in [1.165, 1.54) is 0 Å². The van der Waals surface area contributed by atoms with Crippen LogP contribution in [0.3, 0.4) is 0 Å². The van der Waals surface area contributed by atoms with Gasteiger partial charge in [-0.2, -0.15) is 0 Å². The van der Waals surface area contributed by atoms with Crippen LogP contribution in [0.2, 0.25) is 0 Å². The Kier molecular flexibility index (Phi) is 2.33. The van der Waals surface area contributed by atoms with Gasteiger partial charge in [-0.3, -0.25) is 4.79 Å². The van der Waals surface area contributed by atoms with E-state index in [9.17, 15) is 9.59 Å². The molecule has 76 valence electrons. The van der Waals surface area contributed by atoms with Crippen molar-refractivity contribution >= 4 is 23.1 Å². The lowest BCUT2D eigenvalue weighted by molar-refractivity contribution is -0.107. The fourth-order valence-electron chi connectivity index (χ4n) is 1.50. The summed E-state index contributed by atoms with van der Waals surface area (Å²) in [7, 11) is 1.89. The average Bonchev–Trinajstić information content (AvgIpc) is 2.60. The fourth-order valence-corrected chi connectivity index (χ4v) is 1.50. The molecular formula is C11H10N2O2. The van der Waals surface area contributed by atoms with Crippen molar-refractivity contribution < 1.29 is 9.59 Å². The van der Waals surface area contributed by atoms with Gasteiger partial charge in [0.05, 0.1) is 23.8 Å². The fraction of sp³-hybridized carbons (Fsp3) is 0.182. The van der Waals surface area contributed by atoms with Gasteiger partial charge in [-0.15, -0.1) is 0 Å². The topological polar surface area (TPSA) is 52.0 Å². The Labute approximate surface area is 86.5 Å². The molecule has 0 aliphatic rings. The van der Waals surface area contributed by atoms with Gasteiger partial charge in [0.2, 0.25) is 0 Å². The minimum atomic E-state index is -0.169. The van der Waals surface area contributed by atoms with E-state index < -0.39 is 0 Å². The van der Waals surface area contributed by atoms with Crippen molar-refractivity contribution in [1.29, 1.82) is 0 Å². The number of aldehydes is 1. The normalized spacial score (nSPS) is 10.5. The van der Waals surface area contributed by atoms with Crippen LogP contribution in [0.5, 0.6) is 0 Å². The quantitative estimate of drug-likeness (QED) is 0.429. The second kappa shape index (κ2) is 3.65. The zero-order valence-electron chi connectivity index (χ0n) is 8.30. The summed E-state index contributed by atoms with van der Waals surface area (Å²) < 4.78 is 1.88. The van der Waals surface area contributed by atoms with Crippen LogP contribution in [0, 0.1) is 0 Å². The third-order valence-electron chi connectivity index (χ3n) is 2.32. The molecule has 0 atom stereocenters. The van der Waals surface area contributed by atoms with Crippen molar-refractivity contribution in [3.05, 3.63) is 30.1 Å². The van der Waals surface area contributed by atoms with Gasteiger partial charge in [0, 0.05) is 12.6 Å². The Bertz CT molecular complexity index is 528. The molecule has 0 aliphatic heterocycles. The van der Waals surface area contributed by atoms with E-state index in [2.05, 4.69) is 4.98 Å². The second-order valence-corrected chi connectivity index (χ2v) is 3.35. The lowest BCUT2D eigenvalue weighted by Gasteiger charge is -1.98. The van der Waals surface area contributed by atoms with Crippen LogP contribution in [-0.2, 0) is 11.8 Å². The highest BCUT2D eigenvalue weighted by Gasteiger charge is 2.07. The molecule has 0 bridgehead atoms. The predicted octanol–water partition coefficient (Wildman–Crippen LogP) is 1.34. The van der Waals surface area contributed by atoms with E-state index in [1.807, 2.05) is 17.7 Å². The van der Waals surface area contributed by atoms with Crippen LogP contribution in [-0.4, -0.2) is 21.6 Å². The molecular weight excluding hydrogens is 192 g/mol. The molecule has 4 heteroatoms. The minimum absolute atomic E-state index is 0.0711. The minimum Gasteiger partial charge on any atom is -0.334 e. The highest BCUT2D eigenvalue weighted by molar-refractivity contribution is 6.04. The van der Waals surface area contributed by atoms with Gasteiger partial charge in [-0.05, 0) is 18.2 Å². The molecule has 0 unspecified atom stereocenters. The predicted molar refractivity (Wildman–Crippen MR) is 55.7 cm³/mol. The van der Waals surface area contributed by atoms with E-state index in [1.54, 1.807) is 18.5 Å². The second-order valence-electron chi connectivity index (χ2n) is 3.35. The Morgan fingerprint density at radius 2 is 2.33 bits per heavy atom. The monoisotopic (exact) mass is 202 g/mol. The summed E-state index contributed by atoms with van der Waals surface area (Å²) >= 11 is 0. The van der Waals surface area contributed by atoms with Crippen molar-refractivity contribution in [3.63, 3.8) is 0 Å². The van der Waals surface area contributed by atoms with E-state index in [0.29, 0.717) is 11.8 Å². The van der Waals surface area contributed by atoms with E-state index in [-0.39, 0.29) is 12.2 Å². The van der Waals surface area contributed by atoms with Crippen molar-refractivity contribution in [2.45, 2.75) is 6.42 Å². The number of carbonyl (C=O) groups is 2. The maximum atomic E-state index is 11.4. The number of aromatic nitrogens is 2. The van der Waals surface area contributed by atoms with Crippen LogP contribution >= 0.6 is 0 Å². The highest BCUT2D eigenvalue weighted by Crippen LogP contribution is 2.14. The Balaban J connectivity index is 2.47. The zero-order chi connectivity index (χ0) is 10.8. The number of ketones is 1. The Morgan fingerprint density at radius 3 is 3.07 bits per heavy atom. The van der Waals surface area contributed by atoms with Crippen LogP contribution < -0.4 is 0 Å². The summed E-state index contributed by atoms with van der Waals surface area (Å²) in [6, 6.07) is 5.26. The van der Waals surface area contributed by atoms with Gasteiger partial charge in [0.25, 0.3) is 0 Å². The number of Topliss-reactive ketones (excluding diaryl/α,β-unsaturated/α-hetero) is 1. The van der Waals surface area contributed by atoms with E-state index >= 15 is 0 Å². The molecule has 1 aromatic carbocycles. The molecule has 15 heavy (non-hydrogen) atoms. The van der Waals surface area contributed by atoms with Crippen molar-refractivity contribution in [1.82, 2.24) is 9.55 Å². The maximum absolute atomic E-state index is 11.4. The van der Waals surface area contributed by atoms with Gasteiger partial charge in [-0.1, -0.05) is 0 Å². The van der Waals surface area contributed by atoms with Crippen LogP contribution in [0.25, 0.3) is 11.0 Å². The Hall–Kier alpha value is -1.97. The van der Waals surface area contributed by atoms with Gasteiger partial charge >= 0.3 is 0 Å². The molecule has 0 N–H and O–H groups in total. The third-order valence-corrected chi connectivity index (χ3v) is 2.32. The molecule has 1 heterocycles. The molecule has 0 saturated carbocycles. The highest BCUT2D eigenvalue weighted by atomic mass is 16.1. The lowest BCUT2D eigenvalue weighted by Crippen LogP contribution is -1.99. The maximum Gasteiger partial charge on any atom is 0.170 e. The summed E-state index contributed by atoms with van der Waals surface area (Å²) in [6.07, 6.45) is 2.24. The number of imidazole rings is 1. The molecule has 2 aromatic rings. The standard InChI is InChI=1S/C11H10N2O2/c1-13-7-12-9-6-8(2-3-10(9)13)11(15)4-5-14/h2-3,5-7H,4H2,1H3. The first-order valence-electron chi connectivity index (χ1n) is 4.60. The van der Waals surface area contributed by atoms with Crippen LogP contribution in [0.15, 0.2) is 24.5 Å². The van der Waals surface area contributed by atoms with Crippen molar-refractivity contribution in [2.24, 2.45) is 7.05 Å².